The number of rotatable bonds is 7. The molecule has 40 heavy (non-hydrogen) atoms. The van der Waals surface area contributed by atoms with Crippen molar-refractivity contribution in [3.8, 4) is 0 Å². The number of aromatic nitrogens is 3. The SMILES string of the molecule is CC1CCC(c2cc3cnc(Nc4ccc(C5CCCC5)cc4)nc3n(C3CCCC3)c2=O)C(S(=O)C(C)C)C1. The van der Waals surface area contributed by atoms with Crippen LogP contribution in [0.5, 0.6) is 0 Å². The first-order valence-corrected chi connectivity index (χ1v) is 16.8. The average molecular weight is 561 g/mol. The summed E-state index contributed by atoms with van der Waals surface area (Å²) in [4.78, 5) is 23.9. The molecule has 0 radical (unpaired) electrons. The van der Waals surface area contributed by atoms with E-state index in [2.05, 4.69) is 41.5 Å². The van der Waals surface area contributed by atoms with E-state index in [1.165, 1.54) is 31.2 Å². The number of hydrogen-bond donors (Lipinski definition) is 1. The highest BCUT2D eigenvalue weighted by atomic mass is 32.2. The highest BCUT2D eigenvalue weighted by molar-refractivity contribution is 7.86. The van der Waals surface area contributed by atoms with Gasteiger partial charge in [0.2, 0.25) is 5.95 Å². The summed E-state index contributed by atoms with van der Waals surface area (Å²) in [5, 5.41) is 4.39. The van der Waals surface area contributed by atoms with Crippen LogP contribution in [-0.2, 0) is 10.8 Å². The fraction of sp³-hybridized carbons (Fsp3) is 0.606. The van der Waals surface area contributed by atoms with E-state index in [4.69, 9.17) is 4.98 Å². The topological polar surface area (TPSA) is 76.9 Å². The number of anilines is 2. The molecule has 4 unspecified atom stereocenters. The number of hydrogen-bond acceptors (Lipinski definition) is 5. The van der Waals surface area contributed by atoms with E-state index in [9.17, 15) is 9.00 Å². The van der Waals surface area contributed by atoms with Crippen molar-refractivity contribution in [1.82, 2.24) is 14.5 Å². The minimum atomic E-state index is -0.979. The first kappa shape index (κ1) is 27.6. The molecule has 2 aromatic heterocycles. The largest absolute Gasteiger partial charge is 0.324 e. The lowest BCUT2D eigenvalue weighted by molar-refractivity contribution is 0.349. The Morgan fingerprint density at radius 1 is 0.975 bits per heavy atom. The molecule has 0 bridgehead atoms. The summed E-state index contributed by atoms with van der Waals surface area (Å²) in [6.45, 7) is 6.32. The monoisotopic (exact) mass is 560 g/mol. The molecule has 3 aliphatic rings. The predicted octanol–water partition coefficient (Wildman–Crippen LogP) is 7.74. The van der Waals surface area contributed by atoms with Gasteiger partial charge in [-0.3, -0.25) is 13.6 Å². The van der Waals surface area contributed by atoms with Crippen LogP contribution in [0.15, 0.2) is 41.3 Å². The summed E-state index contributed by atoms with van der Waals surface area (Å²) in [6, 6.07) is 10.9. The molecule has 6 nitrogen and oxygen atoms in total. The van der Waals surface area contributed by atoms with Crippen LogP contribution >= 0.6 is 0 Å². The zero-order valence-corrected chi connectivity index (χ0v) is 25.1. The minimum Gasteiger partial charge on any atom is -0.324 e. The third-order valence-electron chi connectivity index (χ3n) is 9.70. The molecule has 0 saturated heterocycles. The van der Waals surface area contributed by atoms with Gasteiger partial charge in [0.05, 0.1) is 0 Å². The van der Waals surface area contributed by atoms with Gasteiger partial charge in [0.25, 0.3) is 5.56 Å². The maximum Gasteiger partial charge on any atom is 0.255 e. The van der Waals surface area contributed by atoms with Crippen molar-refractivity contribution < 1.29 is 4.21 Å². The van der Waals surface area contributed by atoms with E-state index in [0.717, 1.165) is 61.6 Å². The van der Waals surface area contributed by atoms with E-state index < -0.39 is 10.8 Å². The number of nitrogens with one attached hydrogen (secondary N) is 1. The van der Waals surface area contributed by atoms with Gasteiger partial charge in [-0.2, -0.15) is 4.98 Å². The zero-order chi connectivity index (χ0) is 27.8. The molecule has 7 heteroatoms. The lowest BCUT2D eigenvalue weighted by Gasteiger charge is -2.35. The predicted molar refractivity (Wildman–Crippen MR) is 165 cm³/mol. The normalized spacial score (nSPS) is 25.1. The fourth-order valence-electron chi connectivity index (χ4n) is 7.49. The molecular formula is C33H44N4O2S. The van der Waals surface area contributed by atoms with Crippen molar-refractivity contribution in [1.29, 1.82) is 0 Å². The van der Waals surface area contributed by atoms with Gasteiger partial charge < -0.3 is 5.32 Å². The number of pyridine rings is 1. The van der Waals surface area contributed by atoms with Gasteiger partial charge in [0.15, 0.2) is 0 Å². The molecule has 3 fully saturated rings. The van der Waals surface area contributed by atoms with Crippen molar-refractivity contribution in [2.75, 3.05) is 5.32 Å². The number of fused-ring (bicyclic) bond motifs is 1. The molecule has 1 aromatic carbocycles. The van der Waals surface area contributed by atoms with Crippen LogP contribution in [0.25, 0.3) is 11.0 Å². The Morgan fingerprint density at radius 3 is 2.38 bits per heavy atom. The van der Waals surface area contributed by atoms with Gasteiger partial charge >= 0.3 is 0 Å². The Labute approximate surface area is 240 Å². The second kappa shape index (κ2) is 11.8. The molecule has 2 heterocycles. The summed E-state index contributed by atoms with van der Waals surface area (Å²) >= 11 is 0. The Morgan fingerprint density at radius 2 is 1.68 bits per heavy atom. The van der Waals surface area contributed by atoms with Crippen molar-refractivity contribution in [3.05, 3.63) is 58.0 Å². The smallest absolute Gasteiger partial charge is 0.255 e. The van der Waals surface area contributed by atoms with E-state index in [-0.39, 0.29) is 28.0 Å². The molecule has 1 N–H and O–H groups in total. The molecule has 6 rings (SSSR count). The quantitative estimate of drug-likeness (QED) is 0.320. The van der Waals surface area contributed by atoms with Crippen LogP contribution in [0.1, 0.15) is 120 Å². The first-order chi connectivity index (χ1) is 19.4. The molecule has 3 aliphatic carbocycles. The molecule has 4 atom stereocenters. The van der Waals surface area contributed by atoms with Gasteiger partial charge in [0, 0.05) is 56.1 Å². The van der Waals surface area contributed by atoms with Crippen molar-refractivity contribution >= 4 is 33.5 Å². The zero-order valence-electron chi connectivity index (χ0n) is 24.3. The van der Waals surface area contributed by atoms with Crippen LogP contribution in [0.2, 0.25) is 0 Å². The lowest BCUT2D eigenvalue weighted by Crippen LogP contribution is -2.38. The van der Waals surface area contributed by atoms with E-state index in [1.807, 2.05) is 30.7 Å². The number of nitrogens with zero attached hydrogens (tertiary/aromatic N) is 3. The van der Waals surface area contributed by atoms with Gasteiger partial charge in [0.1, 0.15) is 5.65 Å². The van der Waals surface area contributed by atoms with Crippen molar-refractivity contribution in [2.24, 2.45) is 5.92 Å². The Balaban J connectivity index is 1.37. The Hall–Kier alpha value is -2.54. The lowest BCUT2D eigenvalue weighted by atomic mass is 9.79. The van der Waals surface area contributed by atoms with Crippen LogP contribution in [0.3, 0.4) is 0 Å². The molecule has 0 amide bonds. The molecule has 0 spiro atoms. The second-order valence-corrected chi connectivity index (χ2v) is 15.1. The average Bonchev–Trinajstić information content (AvgIpc) is 3.68. The third-order valence-corrected chi connectivity index (χ3v) is 11.7. The Bertz CT molecular complexity index is 1420. The summed E-state index contributed by atoms with van der Waals surface area (Å²) in [6.07, 6.45) is 14.2. The Kier molecular flexibility index (Phi) is 8.11. The highest BCUT2D eigenvalue weighted by Gasteiger charge is 2.37. The van der Waals surface area contributed by atoms with Crippen LogP contribution in [0.4, 0.5) is 11.6 Å². The van der Waals surface area contributed by atoms with E-state index >= 15 is 0 Å². The van der Waals surface area contributed by atoms with Crippen LogP contribution < -0.4 is 10.9 Å². The molecule has 3 saturated carbocycles. The van der Waals surface area contributed by atoms with Gasteiger partial charge in [-0.15, -0.1) is 0 Å². The van der Waals surface area contributed by atoms with E-state index in [1.54, 1.807) is 0 Å². The minimum absolute atomic E-state index is 0.0139. The summed E-state index contributed by atoms with van der Waals surface area (Å²) in [5.41, 5.74) is 3.97. The summed E-state index contributed by atoms with van der Waals surface area (Å²) in [5.74, 6) is 1.75. The molecule has 0 aliphatic heterocycles. The van der Waals surface area contributed by atoms with Crippen molar-refractivity contribution in [3.63, 3.8) is 0 Å². The molecular weight excluding hydrogens is 516 g/mol. The number of benzene rings is 1. The van der Waals surface area contributed by atoms with Gasteiger partial charge in [-0.25, -0.2) is 4.98 Å². The molecule has 3 aromatic rings. The van der Waals surface area contributed by atoms with Crippen molar-refractivity contribution in [2.45, 2.75) is 120 Å². The van der Waals surface area contributed by atoms with E-state index in [0.29, 0.717) is 23.4 Å². The van der Waals surface area contributed by atoms with Crippen LogP contribution in [0, 0.1) is 5.92 Å². The second-order valence-electron chi connectivity index (χ2n) is 12.9. The standard InChI is InChI=1S/C33H44N4O2S/c1-21(2)40(39)30-18-22(3)12-17-28(30)29-19-25-20-34-33(36-31(25)37(32(29)38)27-10-6-7-11-27)35-26-15-13-24(14-16-26)23-8-4-5-9-23/h13-16,19-23,27-28,30H,4-12,17-18H2,1-3H3,(H,34,35,36). The fourth-order valence-corrected chi connectivity index (χ4v) is 9.31. The third kappa shape index (κ3) is 5.50. The first-order valence-electron chi connectivity index (χ1n) is 15.6. The van der Waals surface area contributed by atoms with Gasteiger partial charge in [-0.05, 0) is 74.1 Å². The summed E-state index contributed by atoms with van der Waals surface area (Å²) < 4.78 is 15.4. The van der Waals surface area contributed by atoms with Crippen LogP contribution in [-0.4, -0.2) is 29.2 Å². The molecule has 214 valence electrons. The maximum atomic E-state index is 14.3. The van der Waals surface area contributed by atoms with Gasteiger partial charge in [-0.1, -0.05) is 65.0 Å². The summed E-state index contributed by atoms with van der Waals surface area (Å²) in [7, 11) is -0.979. The highest BCUT2D eigenvalue weighted by Crippen LogP contribution is 2.40. The maximum absolute atomic E-state index is 14.3.